The number of methoxy groups -OCH3 is 1. The molecule has 18 heavy (non-hydrogen) atoms. The molecule has 1 heterocycles. The van der Waals surface area contributed by atoms with Crippen LogP contribution in [0.15, 0.2) is 12.1 Å². The summed E-state index contributed by atoms with van der Waals surface area (Å²) >= 11 is 1.91. The highest BCUT2D eigenvalue weighted by Crippen LogP contribution is 2.30. The quantitative estimate of drug-likeness (QED) is 0.913. The molecule has 0 spiro atoms. The number of hydrogen-bond acceptors (Lipinski definition) is 4. The van der Waals surface area contributed by atoms with Crippen LogP contribution in [-0.2, 0) is 4.74 Å². The molecule has 1 aromatic rings. The Morgan fingerprint density at radius 1 is 1.39 bits per heavy atom. The summed E-state index contributed by atoms with van der Waals surface area (Å²) in [7, 11) is 1.70. The third kappa shape index (κ3) is 2.82. The largest absolute Gasteiger partial charge is 0.496 e. The van der Waals surface area contributed by atoms with E-state index in [2.05, 4.69) is 19.1 Å². The van der Waals surface area contributed by atoms with Crippen molar-refractivity contribution in [3.8, 4) is 5.75 Å². The minimum atomic E-state index is -0.0533. The number of aryl methyl sites for hydroxylation is 2. The van der Waals surface area contributed by atoms with Crippen LogP contribution in [0.2, 0.25) is 0 Å². The average molecular weight is 267 g/mol. The van der Waals surface area contributed by atoms with E-state index in [9.17, 15) is 0 Å². The molecule has 1 aliphatic rings. The van der Waals surface area contributed by atoms with Crippen molar-refractivity contribution in [2.24, 2.45) is 5.73 Å². The molecule has 0 bridgehead atoms. The highest BCUT2D eigenvalue weighted by atomic mass is 32.2. The molecule has 0 aromatic heterocycles. The Morgan fingerprint density at radius 2 is 2.17 bits per heavy atom. The number of nitrogens with two attached hydrogens (primary N) is 1. The fourth-order valence-electron chi connectivity index (χ4n) is 2.30. The summed E-state index contributed by atoms with van der Waals surface area (Å²) in [5.74, 6) is 2.97. The highest BCUT2D eigenvalue weighted by molar-refractivity contribution is 7.99. The smallest absolute Gasteiger partial charge is 0.122 e. The highest BCUT2D eigenvalue weighted by Gasteiger charge is 2.24. The fraction of sp³-hybridized carbons (Fsp3) is 0.571. The van der Waals surface area contributed by atoms with Crippen LogP contribution in [0.1, 0.15) is 22.7 Å². The molecule has 4 heteroatoms. The zero-order valence-electron chi connectivity index (χ0n) is 11.2. The van der Waals surface area contributed by atoms with Crippen molar-refractivity contribution in [1.82, 2.24) is 0 Å². The van der Waals surface area contributed by atoms with Crippen LogP contribution < -0.4 is 10.5 Å². The van der Waals surface area contributed by atoms with Crippen molar-refractivity contribution in [3.63, 3.8) is 0 Å². The summed E-state index contributed by atoms with van der Waals surface area (Å²) < 4.78 is 11.1. The van der Waals surface area contributed by atoms with Crippen molar-refractivity contribution >= 4 is 11.8 Å². The molecule has 3 nitrogen and oxygen atoms in total. The Hall–Kier alpha value is -0.710. The van der Waals surface area contributed by atoms with Gasteiger partial charge >= 0.3 is 0 Å². The predicted molar refractivity (Wildman–Crippen MR) is 76.5 cm³/mol. The Bertz CT molecular complexity index is 417. The van der Waals surface area contributed by atoms with E-state index < -0.39 is 0 Å². The van der Waals surface area contributed by atoms with E-state index in [1.54, 1.807) is 7.11 Å². The van der Waals surface area contributed by atoms with Crippen LogP contribution in [0.25, 0.3) is 0 Å². The SMILES string of the molecule is COc1cc(C)c(C(N)C2CSCCO2)cc1C. The van der Waals surface area contributed by atoms with E-state index in [-0.39, 0.29) is 12.1 Å². The molecule has 1 saturated heterocycles. The minimum absolute atomic E-state index is 0.0533. The molecule has 100 valence electrons. The Kier molecular flexibility index (Phi) is 4.54. The lowest BCUT2D eigenvalue weighted by Crippen LogP contribution is -2.35. The fourth-order valence-corrected chi connectivity index (χ4v) is 3.22. The van der Waals surface area contributed by atoms with Gasteiger partial charge in [0.1, 0.15) is 5.75 Å². The molecule has 1 aromatic carbocycles. The summed E-state index contributed by atoms with van der Waals surface area (Å²) in [6.07, 6.45) is 0.121. The second-order valence-corrected chi connectivity index (χ2v) is 5.84. The van der Waals surface area contributed by atoms with Crippen LogP contribution in [-0.4, -0.2) is 31.3 Å². The van der Waals surface area contributed by atoms with Crippen LogP contribution in [0, 0.1) is 13.8 Å². The Balaban J connectivity index is 2.23. The Morgan fingerprint density at radius 3 is 2.78 bits per heavy atom. The van der Waals surface area contributed by atoms with E-state index in [0.717, 1.165) is 29.4 Å². The number of ether oxygens (including phenoxy) is 2. The van der Waals surface area contributed by atoms with Gasteiger partial charge in [0.25, 0.3) is 0 Å². The molecule has 0 aliphatic carbocycles. The zero-order chi connectivity index (χ0) is 13.1. The van der Waals surface area contributed by atoms with Gasteiger partial charge in [-0.15, -0.1) is 0 Å². The third-order valence-electron chi connectivity index (χ3n) is 3.38. The average Bonchev–Trinajstić information content (AvgIpc) is 2.41. The van der Waals surface area contributed by atoms with E-state index in [1.807, 2.05) is 18.7 Å². The first-order valence-corrected chi connectivity index (χ1v) is 7.39. The molecule has 1 aliphatic heterocycles. The normalized spacial score (nSPS) is 21.7. The lowest BCUT2D eigenvalue weighted by atomic mass is 9.95. The van der Waals surface area contributed by atoms with Gasteiger partial charge in [-0.1, -0.05) is 6.07 Å². The molecule has 2 unspecified atom stereocenters. The molecule has 0 saturated carbocycles. The predicted octanol–water partition coefficient (Wildman–Crippen LogP) is 2.44. The first kappa shape index (κ1) is 13.7. The standard InChI is InChI=1S/C14H21NO2S/c1-9-7-12(16-3)10(2)6-11(9)14(15)13-8-18-5-4-17-13/h6-7,13-14H,4-5,8,15H2,1-3H3. The molecule has 2 rings (SSSR count). The van der Waals surface area contributed by atoms with Crippen LogP contribution in [0.4, 0.5) is 0 Å². The van der Waals surface area contributed by atoms with Crippen molar-refractivity contribution in [1.29, 1.82) is 0 Å². The Labute approximate surface area is 113 Å². The first-order chi connectivity index (χ1) is 8.63. The zero-order valence-corrected chi connectivity index (χ0v) is 12.0. The lowest BCUT2D eigenvalue weighted by molar-refractivity contribution is 0.0567. The van der Waals surface area contributed by atoms with Gasteiger partial charge in [-0.2, -0.15) is 11.8 Å². The van der Waals surface area contributed by atoms with E-state index in [1.165, 1.54) is 11.1 Å². The van der Waals surface area contributed by atoms with Crippen LogP contribution >= 0.6 is 11.8 Å². The third-order valence-corrected chi connectivity index (χ3v) is 4.40. The van der Waals surface area contributed by atoms with Crippen LogP contribution in [0.5, 0.6) is 5.75 Å². The monoisotopic (exact) mass is 267 g/mol. The summed E-state index contributed by atoms with van der Waals surface area (Å²) in [5.41, 5.74) is 9.81. The number of rotatable bonds is 3. The van der Waals surface area contributed by atoms with Gasteiger partial charge in [0.15, 0.2) is 0 Å². The van der Waals surface area contributed by atoms with Crippen molar-refractivity contribution in [3.05, 3.63) is 28.8 Å². The van der Waals surface area contributed by atoms with Gasteiger partial charge in [-0.05, 0) is 36.6 Å². The van der Waals surface area contributed by atoms with Crippen LogP contribution in [0.3, 0.4) is 0 Å². The van der Waals surface area contributed by atoms with Crippen molar-refractivity contribution in [2.45, 2.75) is 26.0 Å². The number of benzene rings is 1. The molecular weight excluding hydrogens is 246 g/mol. The van der Waals surface area contributed by atoms with Gasteiger partial charge < -0.3 is 15.2 Å². The van der Waals surface area contributed by atoms with Gasteiger partial charge in [-0.3, -0.25) is 0 Å². The second-order valence-electron chi connectivity index (χ2n) is 4.69. The van der Waals surface area contributed by atoms with E-state index in [0.29, 0.717) is 0 Å². The van der Waals surface area contributed by atoms with Gasteiger partial charge in [0.2, 0.25) is 0 Å². The number of thioether (sulfide) groups is 1. The van der Waals surface area contributed by atoms with Crippen molar-refractivity contribution in [2.75, 3.05) is 25.2 Å². The molecule has 0 amide bonds. The van der Waals surface area contributed by atoms with Gasteiger partial charge in [0.05, 0.1) is 25.9 Å². The van der Waals surface area contributed by atoms with Gasteiger partial charge in [0, 0.05) is 11.5 Å². The lowest BCUT2D eigenvalue weighted by Gasteiger charge is -2.29. The summed E-state index contributed by atoms with van der Waals surface area (Å²) in [6, 6.07) is 4.13. The first-order valence-electron chi connectivity index (χ1n) is 6.23. The topological polar surface area (TPSA) is 44.5 Å². The van der Waals surface area contributed by atoms with Gasteiger partial charge in [-0.25, -0.2) is 0 Å². The maximum absolute atomic E-state index is 6.35. The van der Waals surface area contributed by atoms with E-state index >= 15 is 0 Å². The molecular formula is C14H21NO2S. The second kappa shape index (κ2) is 5.95. The molecule has 0 radical (unpaired) electrons. The maximum atomic E-state index is 6.35. The minimum Gasteiger partial charge on any atom is -0.496 e. The molecule has 2 atom stereocenters. The van der Waals surface area contributed by atoms with Crippen molar-refractivity contribution < 1.29 is 9.47 Å². The summed E-state index contributed by atoms with van der Waals surface area (Å²) in [6.45, 7) is 4.93. The van der Waals surface area contributed by atoms with E-state index in [4.69, 9.17) is 15.2 Å². The maximum Gasteiger partial charge on any atom is 0.122 e. The number of hydrogen-bond donors (Lipinski definition) is 1. The molecule has 1 fully saturated rings. The molecule has 2 N–H and O–H groups in total. The summed E-state index contributed by atoms with van der Waals surface area (Å²) in [5, 5.41) is 0. The summed E-state index contributed by atoms with van der Waals surface area (Å²) in [4.78, 5) is 0.